The van der Waals surface area contributed by atoms with Crippen LogP contribution in [0.1, 0.15) is 25.0 Å². The van der Waals surface area contributed by atoms with Crippen molar-refractivity contribution in [1.82, 2.24) is 9.88 Å². The van der Waals surface area contributed by atoms with Crippen molar-refractivity contribution in [3.05, 3.63) is 17.8 Å². The van der Waals surface area contributed by atoms with Crippen molar-refractivity contribution in [2.24, 2.45) is 4.99 Å². The number of hydrogen-bond donors (Lipinski definition) is 2. The van der Waals surface area contributed by atoms with E-state index >= 15 is 0 Å². The normalized spacial score (nSPS) is 16.9. The summed E-state index contributed by atoms with van der Waals surface area (Å²) in [6, 6.07) is 3.44. The molecule has 0 saturated carbocycles. The SMILES string of the molecule is C/N=C/c1nc(NCCN2CCCCC2)ccc1O. The number of rotatable bonds is 5. The fraction of sp³-hybridized carbons (Fsp3) is 0.571. The summed E-state index contributed by atoms with van der Waals surface area (Å²) in [4.78, 5) is 10.7. The maximum Gasteiger partial charge on any atom is 0.142 e. The highest BCUT2D eigenvalue weighted by Crippen LogP contribution is 2.15. The molecule has 1 aromatic heterocycles. The number of aromatic nitrogens is 1. The Kier molecular flexibility index (Phi) is 5.15. The Balaban J connectivity index is 1.83. The van der Waals surface area contributed by atoms with Gasteiger partial charge in [-0.2, -0.15) is 0 Å². The molecule has 5 nitrogen and oxygen atoms in total. The number of hydrogen-bond acceptors (Lipinski definition) is 5. The molecule has 0 atom stereocenters. The van der Waals surface area contributed by atoms with Gasteiger partial charge in [0.1, 0.15) is 17.3 Å². The molecule has 2 rings (SSSR count). The Bertz CT molecular complexity index is 427. The van der Waals surface area contributed by atoms with Crippen LogP contribution in [0.3, 0.4) is 0 Å². The second kappa shape index (κ2) is 7.09. The third-order valence-electron chi connectivity index (χ3n) is 3.34. The molecule has 1 fully saturated rings. The molecule has 1 aromatic rings. The average molecular weight is 262 g/mol. The van der Waals surface area contributed by atoms with Crippen LogP contribution < -0.4 is 5.32 Å². The summed E-state index contributed by atoms with van der Waals surface area (Å²) in [7, 11) is 1.66. The summed E-state index contributed by atoms with van der Waals surface area (Å²) in [6.45, 7) is 4.33. The lowest BCUT2D eigenvalue weighted by atomic mass is 10.1. The first kappa shape index (κ1) is 13.8. The number of likely N-dealkylation sites (tertiary alicyclic amines) is 1. The summed E-state index contributed by atoms with van der Waals surface area (Å²) < 4.78 is 0. The van der Waals surface area contributed by atoms with E-state index in [1.807, 2.05) is 0 Å². The van der Waals surface area contributed by atoms with Crippen LogP contribution in [0.25, 0.3) is 0 Å². The van der Waals surface area contributed by atoms with E-state index in [1.165, 1.54) is 32.4 Å². The lowest BCUT2D eigenvalue weighted by Crippen LogP contribution is -2.33. The lowest BCUT2D eigenvalue weighted by molar-refractivity contribution is 0.237. The number of pyridine rings is 1. The van der Waals surface area contributed by atoms with Crippen LogP contribution in [-0.4, -0.2) is 54.4 Å². The highest BCUT2D eigenvalue weighted by atomic mass is 16.3. The Labute approximate surface area is 114 Å². The molecule has 1 aliphatic heterocycles. The third kappa shape index (κ3) is 4.21. The fourth-order valence-electron chi connectivity index (χ4n) is 2.31. The van der Waals surface area contributed by atoms with E-state index in [0.29, 0.717) is 5.69 Å². The van der Waals surface area contributed by atoms with Gasteiger partial charge in [-0.05, 0) is 38.1 Å². The van der Waals surface area contributed by atoms with Gasteiger partial charge < -0.3 is 15.3 Å². The van der Waals surface area contributed by atoms with Crippen LogP contribution in [0.15, 0.2) is 17.1 Å². The Morgan fingerprint density at radius 2 is 2.16 bits per heavy atom. The standard InChI is InChI=1S/C14H22N4O/c1-15-11-12-13(19)5-6-14(17-12)16-7-10-18-8-3-2-4-9-18/h5-6,11,19H,2-4,7-10H2,1H3,(H,16,17)/b15-11+. The molecular weight excluding hydrogens is 240 g/mol. The van der Waals surface area contributed by atoms with Gasteiger partial charge in [-0.3, -0.25) is 4.99 Å². The third-order valence-corrected chi connectivity index (χ3v) is 3.34. The van der Waals surface area contributed by atoms with Crippen molar-refractivity contribution >= 4 is 12.0 Å². The summed E-state index contributed by atoms with van der Waals surface area (Å²) >= 11 is 0. The molecule has 0 aromatic carbocycles. The van der Waals surface area contributed by atoms with Crippen LogP contribution in [0, 0.1) is 0 Å². The van der Waals surface area contributed by atoms with E-state index in [4.69, 9.17) is 0 Å². The summed E-state index contributed by atoms with van der Waals surface area (Å²) in [5, 5.41) is 12.9. The molecule has 0 amide bonds. The smallest absolute Gasteiger partial charge is 0.142 e. The van der Waals surface area contributed by atoms with Gasteiger partial charge in [0.15, 0.2) is 0 Å². The number of nitrogens with zero attached hydrogens (tertiary/aromatic N) is 3. The van der Waals surface area contributed by atoms with E-state index < -0.39 is 0 Å². The molecule has 0 aliphatic carbocycles. The van der Waals surface area contributed by atoms with Crippen molar-refractivity contribution in [2.45, 2.75) is 19.3 Å². The number of nitrogens with one attached hydrogen (secondary N) is 1. The minimum absolute atomic E-state index is 0.159. The molecule has 19 heavy (non-hydrogen) atoms. The topological polar surface area (TPSA) is 60.8 Å². The van der Waals surface area contributed by atoms with E-state index in [9.17, 15) is 5.11 Å². The first-order valence-electron chi connectivity index (χ1n) is 6.88. The molecule has 104 valence electrons. The molecule has 1 saturated heterocycles. The maximum absolute atomic E-state index is 9.61. The van der Waals surface area contributed by atoms with Gasteiger partial charge in [-0.1, -0.05) is 6.42 Å². The second-order valence-electron chi connectivity index (χ2n) is 4.82. The molecule has 0 bridgehead atoms. The molecule has 1 aliphatic rings. The monoisotopic (exact) mass is 262 g/mol. The highest BCUT2D eigenvalue weighted by Gasteiger charge is 2.09. The zero-order valence-corrected chi connectivity index (χ0v) is 11.5. The number of piperidine rings is 1. The van der Waals surface area contributed by atoms with Crippen LogP contribution in [0.5, 0.6) is 5.75 Å². The molecular formula is C14H22N4O. The molecule has 0 spiro atoms. The quantitative estimate of drug-likeness (QED) is 0.793. The van der Waals surface area contributed by atoms with Crippen LogP contribution in [-0.2, 0) is 0 Å². The molecule has 0 radical (unpaired) electrons. The van der Waals surface area contributed by atoms with Gasteiger partial charge in [0, 0.05) is 20.1 Å². The molecule has 2 N–H and O–H groups in total. The van der Waals surface area contributed by atoms with Gasteiger partial charge in [0.25, 0.3) is 0 Å². The first-order valence-corrected chi connectivity index (χ1v) is 6.88. The van der Waals surface area contributed by atoms with Gasteiger partial charge in [0.05, 0.1) is 6.21 Å². The van der Waals surface area contributed by atoms with E-state index in [2.05, 4.69) is 20.2 Å². The van der Waals surface area contributed by atoms with E-state index in [-0.39, 0.29) is 5.75 Å². The summed E-state index contributed by atoms with van der Waals surface area (Å²) in [6.07, 6.45) is 5.55. The minimum atomic E-state index is 0.159. The van der Waals surface area contributed by atoms with Gasteiger partial charge >= 0.3 is 0 Å². The largest absolute Gasteiger partial charge is 0.506 e. The predicted octanol–water partition coefficient (Wildman–Crippen LogP) is 1.73. The van der Waals surface area contributed by atoms with Crippen molar-refractivity contribution in [1.29, 1.82) is 0 Å². The van der Waals surface area contributed by atoms with Gasteiger partial charge in [0.2, 0.25) is 0 Å². The highest BCUT2D eigenvalue weighted by molar-refractivity contribution is 5.81. The maximum atomic E-state index is 9.61. The Hall–Kier alpha value is -1.62. The number of aromatic hydroxyl groups is 1. The van der Waals surface area contributed by atoms with Crippen molar-refractivity contribution in [3.63, 3.8) is 0 Å². The minimum Gasteiger partial charge on any atom is -0.506 e. The Morgan fingerprint density at radius 3 is 2.89 bits per heavy atom. The molecule has 2 heterocycles. The van der Waals surface area contributed by atoms with Crippen molar-refractivity contribution in [2.75, 3.05) is 38.5 Å². The lowest BCUT2D eigenvalue weighted by Gasteiger charge is -2.26. The predicted molar refractivity (Wildman–Crippen MR) is 78.2 cm³/mol. The van der Waals surface area contributed by atoms with Crippen LogP contribution >= 0.6 is 0 Å². The average Bonchev–Trinajstić information content (AvgIpc) is 2.44. The first-order chi connectivity index (χ1) is 9.29. The van der Waals surface area contributed by atoms with Crippen molar-refractivity contribution < 1.29 is 5.11 Å². The van der Waals surface area contributed by atoms with E-state index in [0.717, 1.165) is 18.9 Å². The number of aliphatic imine (C=N–C) groups is 1. The Morgan fingerprint density at radius 1 is 1.37 bits per heavy atom. The molecule has 0 unspecified atom stereocenters. The van der Waals surface area contributed by atoms with E-state index in [1.54, 1.807) is 25.4 Å². The fourth-order valence-corrected chi connectivity index (χ4v) is 2.31. The second-order valence-corrected chi connectivity index (χ2v) is 4.82. The van der Waals surface area contributed by atoms with Crippen molar-refractivity contribution in [3.8, 4) is 5.75 Å². The molecule has 5 heteroatoms. The van der Waals surface area contributed by atoms with Gasteiger partial charge in [-0.15, -0.1) is 0 Å². The summed E-state index contributed by atoms with van der Waals surface area (Å²) in [5.74, 6) is 0.942. The van der Waals surface area contributed by atoms with Gasteiger partial charge in [-0.25, -0.2) is 4.98 Å². The van der Waals surface area contributed by atoms with Crippen LogP contribution in [0.4, 0.5) is 5.82 Å². The summed E-state index contributed by atoms with van der Waals surface area (Å²) in [5.41, 5.74) is 0.505. The zero-order chi connectivity index (χ0) is 13.5. The zero-order valence-electron chi connectivity index (χ0n) is 11.5. The van der Waals surface area contributed by atoms with Crippen LogP contribution in [0.2, 0.25) is 0 Å². The number of anilines is 1.